The van der Waals surface area contributed by atoms with Crippen molar-refractivity contribution in [2.24, 2.45) is 0 Å². The fraction of sp³-hybridized carbons (Fsp3) is 0.292. The van der Waals surface area contributed by atoms with Gasteiger partial charge in [-0.1, -0.05) is 18.2 Å². The van der Waals surface area contributed by atoms with E-state index in [0.29, 0.717) is 13.1 Å². The highest BCUT2D eigenvalue weighted by atomic mass is 16.5. The SMILES string of the molecule is COc1cccc(-c2ccc(N3CCN(C(=O)c4ccc(C)c(C)c4)CC3)nn2)c1. The molecule has 0 N–H and O–H groups in total. The van der Waals surface area contributed by atoms with E-state index in [-0.39, 0.29) is 5.91 Å². The zero-order valence-electron chi connectivity index (χ0n) is 17.6. The third-order valence-electron chi connectivity index (χ3n) is 5.66. The lowest BCUT2D eigenvalue weighted by atomic mass is 10.1. The van der Waals surface area contributed by atoms with E-state index in [1.54, 1.807) is 7.11 Å². The van der Waals surface area contributed by atoms with Crippen molar-refractivity contribution in [3.8, 4) is 17.0 Å². The van der Waals surface area contributed by atoms with Crippen LogP contribution in [0.1, 0.15) is 21.5 Å². The van der Waals surface area contributed by atoms with E-state index in [1.807, 2.05) is 66.4 Å². The molecule has 4 rings (SSSR count). The monoisotopic (exact) mass is 402 g/mol. The summed E-state index contributed by atoms with van der Waals surface area (Å²) in [6, 6.07) is 17.7. The van der Waals surface area contributed by atoms with Crippen molar-refractivity contribution in [2.75, 3.05) is 38.2 Å². The first-order valence-corrected chi connectivity index (χ1v) is 10.1. The van der Waals surface area contributed by atoms with E-state index >= 15 is 0 Å². The molecule has 30 heavy (non-hydrogen) atoms. The summed E-state index contributed by atoms with van der Waals surface area (Å²) < 4.78 is 5.28. The van der Waals surface area contributed by atoms with Crippen molar-refractivity contribution in [2.45, 2.75) is 13.8 Å². The van der Waals surface area contributed by atoms with Gasteiger partial charge < -0.3 is 14.5 Å². The summed E-state index contributed by atoms with van der Waals surface area (Å²) in [5, 5.41) is 8.81. The molecule has 1 fully saturated rings. The van der Waals surface area contributed by atoms with E-state index in [9.17, 15) is 4.79 Å². The maximum Gasteiger partial charge on any atom is 0.253 e. The van der Waals surface area contributed by atoms with Gasteiger partial charge in [-0.15, -0.1) is 10.2 Å². The topological polar surface area (TPSA) is 58.6 Å². The van der Waals surface area contributed by atoms with Crippen LogP contribution in [0.3, 0.4) is 0 Å². The Bertz CT molecular complexity index is 1040. The van der Waals surface area contributed by atoms with Gasteiger partial charge in [-0.25, -0.2) is 0 Å². The molecule has 1 aliphatic rings. The number of aryl methyl sites for hydroxylation is 2. The highest BCUT2D eigenvalue weighted by Crippen LogP contribution is 2.23. The molecule has 0 spiro atoms. The van der Waals surface area contributed by atoms with Crippen LogP contribution in [-0.2, 0) is 0 Å². The van der Waals surface area contributed by atoms with Crippen LogP contribution in [0.25, 0.3) is 11.3 Å². The normalized spacial score (nSPS) is 14.0. The Morgan fingerprint density at radius 2 is 1.70 bits per heavy atom. The molecule has 1 amide bonds. The van der Waals surface area contributed by atoms with E-state index in [1.165, 1.54) is 5.56 Å². The van der Waals surface area contributed by atoms with E-state index in [2.05, 4.69) is 22.0 Å². The molecule has 1 aromatic heterocycles. The lowest BCUT2D eigenvalue weighted by Crippen LogP contribution is -2.49. The molecule has 0 aliphatic carbocycles. The van der Waals surface area contributed by atoms with Gasteiger partial charge in [0, 0.05) is 37.3 Å². The lowest BCUT2D eigenvalue weighted by molar-refractivity contribution is 0.0746. The quantitative estimate of drug-likeness (QED) is 0.666. The smallest absolute Gasteiger partial charge is 0.253 e. The molecule has 2 aromatic carbocycles. The number of nitrogens with zero attached hydrogens (tertiary/aromatic N) is 4. The van der Waals surface area contributed by atoms with Crippen molar-refractivity contribution in [3.63, 3.8) is 0 Å². The van der Waals surface area contributed by atoms with Gasteiger partial charge in [0.2, 0.25) is 0 Å². The standard InChI is InChI=1S/C24H26N4O2/c1-17-7-8-20(15-18(17)2)24(29)28-13-11-27(12-14-28)23-10-9-22(25-26-23)19-5-4-6-21(16-19)30-3/h4-10,15-16H,11-14H2,1-3H3. The number of hydrogen-bond donors (Lipinski definition) is 0. The van der Waals surface area contributed by atoms with Gasteiger partial charge in [-0.2, -0.15) is 0 Å². The summed E-state index contributed by atoms with van der Waals surface area (Å²) in [6.45, 7) is 6.92. The van der Waals surface area contributed by atoms with Crippen molar-refractivity contribution in [1.29, 1.82) is 0 Å². The van der Waals surface area contributed by atoms with Crippen LogP contribution in [0.5, 0.6) is 5.75 Å². The highest BCUT2D eigenvalue weighted by Gasteiger charge is 2.23. The zero-order chi connectivity index (χ0) is 21.1. The number of ether oxygens (including phenoxy) is 1. The zero-order valence-corrected chi connectivity index (χ0v) is 17.6. The third kappa shape index (κ3) is 4.13. The molecule has 0 saturated carbocycles. The largest absolute Gasteiger partial charge is 0.497 e. The second kappa shape index (κ2) is 8.53. The minimum absolute atomic E-state index is 0.0946. The van der Waals surface area contributed by atoms with Gasteiger partial charge in [-0.05, 0) is 61.4 Å². The van der Waals surface area contributed by atoms with Gasteiger partial charge in [0.25, 0.3) is 5.91 Å². The Kier molecular flexibility index (Phi) is 5.65. The van der Waals surface area contributed by atoms with Crippen LogP contribution in [0.15, 0.2) is 54.6 Å². The summed E-state index contributed by atoms with van der Waals surface area (Å²) in [5.41, 5.74) is 4.88. The first-order valence-electron chi connectivity index (χ1n) is 10.1. The first kappa shape index (κ1) is 19.9. The van der Waals surface area contributed by atoms with Gasteiger partial charge in [0.05, 0.1) is 12.8 Å². The van der Waals surface area contributed by atoms with E-state index in [0.717, 1.165) is 47.0 Å². The average Bonchev–Trinajstić information content (AvgIpc) is 2.80. The molecule has 154 valence electrons. The molecular weight excluding hydrogens is 376 g/mol. The van der Waals surface area contributed by atoms with Crippen molar-refractivity contribution < 1.29 is 9.53 Å². The molecule has 3 aromatic rings. The predicted octanol–water partition coefficient (Wildman–Crippen LogP) is 3.73. The summed E-state index contributed by atoms with van der Waals surface area (Å²) in [5.74, 6) is 1.72. The second-order valence-electron chi connectivity index (χ2n) is 7.59. The minimum Gasteiger partial charge on any atom is -0.497 e. The Morgan fingerprint density at radius 3 is 2.37 bits per heavy atom. The maximum absolute atomic E-state index is 12.8. The second-order valence-corrected chi connectivity index (χ2v) is 7.59. The number of anilines is 1. The third-order valence-corrected chi connectivity index (χ3v) is 5.66. The van der Waals surface area contributed by atoms with Crippen LogP contribution in [0, 0.1) is 13.8 Å². The van der Waals surface area contributed by atoms with Crippen LogP contribution >= 0.6 is 0 Å². The number of amides is 1. The summed E-state index contributed by atoms with van der Waals surface area (Å²) in [6.07, 6.45) is 0. The minimum atomic E-state index is 0.0946. The molecule has 0 atom stereocenters. The van der Waals surface area contributed by atoms with Crippen molar-refractivity contribution >= 4 is 11.7 Å². The Morgan fingerprint density at radius 1 is 0.900 bits per heavy atom. The lowest BCUT2D eigenvalue weighted by Gasteiger charge is -2.35. The number of aromatic nitrogens is 2. The average molecular weight is 402 g/mol. The number of hydrogen-bond acceptors (Lipinski definition) is 5. The Labute approximate surface area is 177 Å². The van der Waals surface area contributed by atoms with E-state index < -0.39 is 0 Å². The Balaban J connectivity index is 1.40. The van der Waals surface area contributed by atoms with Crippen molar-refractivity contribution in [3.05, 3.63) is 71.3 Å². The number of carbonyl (C=O) groups is 1. The molecule has 0 bridgehead atoms. The molecule has 6 nitrogen and oxygen atoms in total. The fourth-order valence-corrected chi connectivity index (χ4v) is 3.63. The van der Waals surface area contributed by atoms with E-state index in [4.69, 9.17) is 4.74 Å². The number of carbonyl (C=O) groups excluding carboxylic acids is 1. The van der Waals surface area contributed by atoms with Crippen LogP contribution in [0.4, 0.5) is 5.82 Å². The number of piperazine rings is 1. The molecule has 0 unspecified atom stereocenters. The first-order chi connectivity index (χ1) is 14.5. The van der Waals surface area contributed by atoms with Gasteiger partial charge in [-0.3, -0.25) is 4.79 Å². The maximum atomic E-state index is 12.8. The molecule has 1 aliphatic heterocycles. The van der Waals surface area contributed by atoms with Gasteiger partial charge in [0.1, 0.15) is 5.75 Å². The molecular formula is C24H26N4O2. The fourth-order valence-electron chi connectivity index (χ4n) is 3.63. The van der Waals surface area contributed by atoms with Gasteiger partial charge >= 0.3 is 0 Å². The highest BCUT2D eigenvalue weighted by molar-refractivity contribution is 5.94. The number of methoxy groups -OCH3 is 1. The molecule has 2 heterocycles. The van der Waals surface area contributed by atoms with Crippen LogP contribution in [-0.4, -0.2) is 54.3 Å². The van der Waals surface area contributed by atoms with Crippen LogP contribution in [0.2, 0.25) is 0 Å². The molecule has 1 saturated heterocycles. The van der Waals surface area contributed by atoms with Crippen LogP contribution < -0.4 is 9.64 Å². The van der Waals surface area contributed by atoms with Gasteiger partial charge in [0.15, 0.2) is 5.82 Å². The number of benzene rings is 2. The predicted molar refractivity (Wildman–Crippen MR) is 118 cm³/mol. The summed E-state index contributed by atoms with van der Waals surface area (Å²) in [7, 11) is 1.65. The summed E-state index contributed by atoms with van der Waals surface area (Å²) >= 11 is 0. The summed E-state index contributed by atoms with van der Waals surface area (Å²) in [4.78, 5) is 16.9. The Hall–Kier alpha value is -3.41. The van der Waals surface area contributed by atoms with Crippen molar-refractivity contribution in [1.82, 2.24) is 15.1 Å². The molecule has 6 heteroatoms. The molecule has 0 radical (unpaired) electrons. The number of rotatable bonds is 4.